The van der Waals surface area contributed by atoms with Gasteiger partial charge in [0, 0.05) is 0 Å². The Hall–Kier alpha value is -1.02. The molecule has 14 heavy (non-hydrogen) atoms. The second-order valence-corrected chi connectivity index (χ2v) is 6.03. The summed E-state index contributed by atoms with van der Waals surface area (Å²) in [6, 6.07) is 15.3. The molecule has 0 amide bonds. The summed E-state index contributed by atoms with van der Waals surface area (Å²) in [6.07, 6.45) is 2.29. The molecule has 0 saturated carbocycles. The first kappa shape index (κ1) is 8.30. The molecule has 2 aromatic rings. The molecule has 0 spiro atoms. The van der Waals surface area contributed by atoms with Gasteiger partial charge in [-0.1, -0.05) is 0 Å². The molecular weight excluding hydrogens is 229 g/mol. The molecular formula is C13H11Ge. The fraction of sp³-hybridized carbons (Fsp3) is 0. The summed E-state index contributed by atoms with van der Waals surface area (Å²) < 4.78 is 1.55. The SMILES string of the molecule is [GeH3][c]1cccc2c1-c1ccccc1[CH]2. The quantitative estimate of drug-likeness (QED) is 0.519. The van der Waals surface area contributed by atoms with Crippen molar-refractivity contribution in [2.75, 3.05) is 0 Å². The summed E-state index contributed by atoms with van der Waals surface area (Å²) >= 11 is 0.754. The zero-order chi connectivity index (χ0) is 9.54. The van der Waals surface area contributed by atoms with Crippen LogP contribution in [0.2, 0.25) is 0 Å². The maximum absolute atomic E-state index is 2.29. The molecule has 1 radical (unpaired) electrons. The van der Waals surface area contributed by atoms with E-state index in [0.29, 0.717) is 0 Å². The van der Waals surface area contributed by atoms with Gasteiger partial charge in [0.15, 0.2) is 0 Å². The second-order valence-electron chi connectivity index (χ2n) is 3.77. The topological polar surface area (TPSA) is 0 Å². The van der Waals surface area contributed by atoms with Gasteiger partial charge in [-0.2, -0.15) is 0 Å². The summed E-state index contributed by atoms with van der Waals surface area (Å²) in [7, 11) is 0. The van der Waals surface area contributed by atoms with Gasteiger partial charge in [-0.25, -0.2) is 0 Å². The van der Waals surface area contributed by atoms with E-state index in [0.717, 1.165) is 16.5 Å². The van der Waals surface area contributed by atoms with E-state index in [-0.39, 0.29) is 0 Å². The molecule has 1 aliphatic carbocycles. The van der Waals surface area contributed by atoms with Crippen molar-refractivity contribution in [1.82, 2.24) is 0 Å². The predicted molar refractivity (Wildman–Crippen MR) is 64.0 cm³/mol. The van der Waals surface area contributed by atoms with Crippen LogP contribution >= 0.6 is 0 Å². The van der Waals surface area contributed by atoms with Gasteiger partial charge in [-0.3, -0.25) is 0 Å². The van der Waals surface area contributed by atoms with E-state index in [1.54, 1.807) is 4.40 Å². The Kier molecular flexibility index (Phi) is 1.77. The molecule has 0 saturated heterocycles. The van der Waals surface area contributed by atoms with Crippen LogP contribution in [-0.4, -0.2) is 16.5 Å². The van der Waals surface area contributed by atoms with Crippen molar-refractivity contribution in [3.63, 3.8) is 0 Å². The molecule has 0 fully saturated rings. The minimum atomic E-state index is 0.754. The van der Waals surface area contributed by atoms with Crippen molar-refractivity contribution in [3.05, 3.63) is 60.0 Å². The van der Waals surface area contributed by atoms with Crippen molar-refractivity contribution >= 4 is 20.9 Å². The van der Waals surface area contributed by atoms with Gasteiger partial charge >= 0.3 is 92.0 Å². The van der Waals surface area contributed by atoms with E-state index >= 15 is 0 Å². The van der Waals surface area contributed by atoms with Crippen LogP contribution in [0, 0.1) is 6.42 Å². The number of fused-ring (bicyclic) bond motifs is 3. The molecule has 67 valence electrons. The van der Waals surface area contributed by atoms with Crippen LogP contribution in [0.5, 0.6) is 0 Å². The van der Waals surface area contributed by atoms with Crippen molar-refractivity contribution < 1.29 is 0 Å². The van der Waals surface area contributed by atoms with E-state index in [2.05, 4.69) is 48.9 Å². The average Bonchev–Trinajstić information content (AvgIpc) is 2.57. The van der Waals surface area contributed by atoms with Crippen molar-refractivity contribution in [2.45, 2.75) is 0 Å². The molecule has 1 heteroatoms. The third-order valence-corrected chi connectivity index (χ3v) is 4.59. The molecule has 3 rings (SSSR count). The Morgan fingerprint density at radius 3 is 2.50 bits per heavy atom. The molecule has 0 atom stereocenters. The summed E-state index contributed by atoms with van der Waals surface area (Å²) in [5, 5.41) is 0. The van der Waals surface area contributed by atoms with Gasteiger partial charge in [0.1, 0.15) is 0 Å². The van der Waals surface area contributed by atoms with Crippen LogP contribution in [0.25, 0.3) is 11.1 Å². The van der Waals surface area contributed by atoms with Crippen LogP contribution < -0.4 is 4.40 Å². The van der Waals surface area contributed by atoms with Crippen LogP contribution in [0.4, 0.5) is 0 Å². The third-order valence-electron chi connectivity index (χ3n) is 2.85. The van der Waals surface area contributed by atoms with Gasteiger partial charge < -0.3 is 0 Å². The fourth-order valence-corrected chi connectivity index (χ4v) is 3.77. The molecule has 0 nitrogen and oxygen atoms in total. The monoisotopic (exact) mass is 241 g/mol. The summed E-state index contributed by atoms with van der Waals surface area (Å²) in [5.41, 5.74) is 5.69. The van der Waals surface area contributed by atoms with Crippen LogP contribution in [-0.2, 0) is 0 Å². The summed E-state index contributed by atoms with van der Waals surface area (Å²) in [6.45, 7) is 0. The molecule has 0 unspecified atom stereocenters. The molecule has 2 aromatic carbocycles. The first-order chi connectivity index (χ1) is 6.86. The molecule has 0 aliphatic heterocycles. The van der Waals surface area contributed by atoms with Gasteiger partial charge in [0.05, 0.1) is 0 Å². The van der Waals surface area contributed by atoms with Gasteiger partial charge in [0.2, 0.25) is 0 Å². The summed E-state index contributed by atoms with van der Waals surface area (Å²) in [5.74, 6) is 0. The number of hydrogen-bond acceptors (Lipinski definition) is 0. The zero-order valence-electron chi connectivity index (χ0n) is 8.12. The molecule has 0 bridgehead atoms. The maximum atomic E-state index is 2.29. The Morgan fingerprint density at radius 1 is 0.786 bits per heavy atom. The molecule has 0 heterocycles. The van der Waals surface area contributed by atoms with E-state index in [9.17, 15) is 0 Å². The van der Waals surface area contributed by atoms with Crippen molar-refractivity contribution in [1.29, 1.82) is 0 Å². The first-order valence-corrected chi connectivity index (χ1v) is 7.00. The van der Waals surface area contributed by atoms with Crippen LogP contribution in [0.1, 0.15) is 11.1 Å². The van der Waals surface area contributed by atoms with E-state index in [4.69, 9.17) is 0 Å². The minimum absolute atomic E-state index is 0.754. The number of rotatable bonds is 0. The number of hydrogen-bond donors (Lipinski definition) is 0. The normalized spacial score (nSPS) is 12.6. The predicted octanol–water partition coefficient (Wildman–Crippen LogP) is 1.26. The van der Waals surface area contributed by atoms with E-state index in [1.165, 1.54) is 22.3 Å². The second kappa shape index (κ2) is 2.99. The van der Waals surface area contributed by atoms with Gasteiger partial charge in [-0.05, 0) is 0 Å². The average molecular weight is 240 g/mol. The molecule has 0 aromatic heterocycles. The Labute approximate surface area is 92.2 Å². The Morgan fingerprint density at radius 2 is 1.57 bits per heavy atom. The number of benzene rings is 2. The fourth-order valence-electron chi connectivity index (χ4n) is 2.20. The zero-order valence-corrected chi connectivity index (χ0v) is 12.3. The molecule has 0 N–H and O–H groups in total. The third kappa shape index (κ3) is 1.07. The van der Waals surface area contributed by atoms with Crippen LogP contribution in [0.15, 0.2) is 42.5 Å². The Balaban J connectivity index is 2.35. The van der Waals surface area contributed by atoms with Gasteiger partial charge in [-0.15, -0.1) is 0 Å². The Bertz CT molecular complexity index is 500. The van der Waals surface area contributed by atoms with Crippen LogP contribution in [0.3, 0.4) is 0 Å². The first-order valence-electron chi connectivity index (χ1n) is 4.90. The van der Waals surface area contributed by atoms with Gasteiger partial charge in [0.25, 0.3) is 0 Å². The van der Waals surface area contributed by atoms with E-state index in [1.807, 2.05) is 0 Å². The van der Waals surface area contributed by atoms with E-state index < -0.39 is 0 Å². The summed E-state index contributed by atoms with van der Waals surface area (Å²) in [4.78, 5) is 0. The molecule has 1 aliphatic rings. The van der Waals surface area contributed by atoms with Crippen molar-refractivity contribution in [3.8, 4) is 11.1 Å². The van der Waals surface area contributed by atoms with Crippen molar-refractivity contribution in [2.24, 2.45) is 0 Å². The standard InChI is InChI=1S/C13H11Ge/c14-12-7-3-5-10-8-9-4-1-2-6-11(9)13(10)12/h1-8H,14H3.